The van der Waals surface area contributed by atoms with Crippen LogP contribution < -0.4 is 10.2 Å². The molecule has 0 spiro atoms. The second-order valence-electron chi connectivity index (χ2n) is 1.41. The highest BCUT2D eigenvalue weighted by molar-refractivity contribution is 5.77. The van der Waals surface area contributed by atoms with Gasteiger partial charge >= 0.3 is 0 Å². The molecule has 0 heterocycles. The second-order valence-corrected chi connectivity index (χ2v) is 1.41. The van der Waals surface area contributed by atoms with Crippen molar-refractivity contribution in [3.8, 4) is 0 Å². The van der Waals surface area contributed by atoms with Crippen molar-refractivity contribution in [2.24, 2.45) is 0 Å². The van der Waals surface area contributed by atoms with Gasteiger partial charge in [-0.25, -0.2) is 0 Å². The number of hydrogen-bond acceptors (Lipinski definition) is 4. The highest BCUT2D eigenvalue weighted by Gasteiger charge is 1.63. The van der Waals surface area contributed by atoms with Gasteiger partial charge in [0.15, 0.2) is 0 Å². The van der Waals surface area contributed by atoms with E-state index in [0.29, 0.717) is 0 Å². The Hall–Kier alpha value is -1.58. The number of carbonyl (C=O) groups excluding carboxylic acids is 2. The van der Waals surface area contributed by atoms with Crippen molar-refractivity contribution < 1.29 is 19.8 Å². The van der Waals surface area contributed by atoms with Crippen molar-refractivity contribution in [2.75, 3.05) is 0 Å². The lowest BCUT2D eigenvalue weighted by molar-refractivity contribution is -0.302. The molecule has 62 valence electrons. The number of aliphatic carboxylic acids is 2. The number of allylic oxidation sites excluding steroid dienone is 2. The number of carboxylic acid groups (broad SMARTS) is 2. The summed E-state index contributed by atoms with van der Waals surface area (Å²) in [4.78, 5) is 18.4. The Morgan fingerprint density at radius 1 is 1.36 bits per heavy atom. The minimum Gasteiger partial charge on any atom is -0.550 e. The van der Waals surface area contributed by atoms with Crippen molar-refractivity contribution >= 4 is 11.9 Å². The van der Waals surface area contributed by atoms with Gasteiger partial charge in [0, 0.05) is 5.97 Å². The Kier molecular flexibility index (Phi) is 9.29. The zero-order chi connectivity index (χ0) is 9.28. The molecule has 4 nitrogen and oxygen atoms in total. The van der Waals surface area contributed by atoms with Crippen LogP contribution in [0.5, 0.6) is 0 Å². The van der Waals surface area contributed by atoms with Crippen molar-refractivity contribution in [1.82, 2.24) is 0 Å². The summed E-state index contributed by atoms with van der Waals surface area (Å²) in [5, 5.41) is 18.4. The van der Waals surface area contributed by atoms with E-state index in [-0.39, 0.29) is 0 Å². The Morgan fingerprint density at radius 3 is 1.82 bits per heavy atom. The Morgan fingerprint density at radius 2 is 1.73 bits per heavy atom. The topological polar surface area (TPSA) is 80.3 Å². The van der Waals surface area contributed by atoms with Gasteiger partial charge < -0.3 is 19.8 Å². The first-order valence-corrected chi connectivity index (χ1v) is 2.68. The Bertz CT molecular complexity index is 165. The van der Waals surface area contributed by atoms with Gasteiger partial charge in [0.25, 0.3) is 0 Å². The van der Waals surface area contributed by atoms with Gasteiger partial charge in [0.1, 0.15) is 0 Å². The Labute approximate surface area is 64.5 Å². The van der Waals surface area contributed by atoms with Crippen LogP contribution >= 0.6 is 0 Å². The molecule has 0 atom stereocenters. The minimum atomic E-state index is -1.19. The van der Waals surface area contributed by atoms with Crippen molar-refractivity contribution in [1.29, 1.82) is 0 Å². The maximum Gasteiger partial charge on any atom is 0.0642 e. The van der Waals surface area contributed by atoms with Crippen LogP contribution in [0.15, 0.2) is 24.8 Å². The normalized spacial score (nSPS) is 8.09. The zero-order valence-electron chi connectivity index (χ0n) is 6.07. The fraction of sp³-hybridized carbons (Fsp3) is 0.143. The third-order valence-corrected chi connectivity index (χ3v) is 0.368. The maximum absolute atomic E-state index is 9.51. The van der Waals surface area contributed by atoms with Gasteiger partial charge in [-0.05, 0) is 13.0 Å². The van der Waals surface area contributed by atoms with Crippen LogP contribution in [-0.2, 0) is 9.59 Å². The molecule has 0 unspecified atom stereocenters. The van der Waals surface area contributed by atoms with Gasteiger partial charge in [-0.1, -0.05) is 18.7 Å². The smallest absolute Gasteiger partial charge is 0.0642 e. The minimum absolute atomic E-state index is 0.910. The summed E-state index contributed by atoms with van der Waals surface area (Å²) in [6.07, 6.45) is 3.58. The van der Waals surface area contributed by atoms with Crippen molar-refractivity contribution in [2.45, 2.75) is 6.92 Å². The summed E-state index contributed by atoms with van der Waals surface area (Å²) in [5.74, 6) is -2.28. The van der Waals surface area contributed by atoms with Gasteiger partial charge in [-0.15, -0.1) is 0 Å². The molecule has 0 bridgehead atoms. The van der Waals surface area contributed by atoms with Crippen LogP contribution in [-0.4, -0.2) is 11.9 Å². The van der Waals surface area contributed by atoms with Crippen LogP contribution in [0.25, 0.3) is 0 Å². The molecule has 4 heteroatoms. The quantitative estimate of drug-likeness (QED) is 0.350. The summed E-state index contributed by atoms with van der Waals surface area (Å²) < 4.78 is 0. The predicted octanol–water partition coefficient (Wildman–Crippen LogP) is -1.77. The van der Waals surface area contributed by atoms with Crippen LogP contribution in [0.3, 0.4) is 0 Å². The third-order valence-electron chi connectivity index (χ3n) is 0.368. The maximum atomic E-state index is 9.51. The first-order valence-electron chi connectivity index (χ1n) is 2.68. The first-order chi connectivity index (χ1) is 5.00. The van der Waals surface area contributed by atoms with Crippen LogP contribution in [0.4, 0.5) is 0 Å². The molecule has 0 aromatic carbocycles. The third kappa shape index (κ3) is 59.3. The standard InChI is InChI=1S/C5H6O2.C2H4O2/c1-2-3-4-5(6)7;1-2(3)4/h2-4H,1H2,(H,6,7);1H3,(H,3,4)/p-2. The molecule has 0 rings (SSSR count). The molecule has 0 aromatic rings. The van der Waals surface area contributed by atoms with Crippen molar-refractivity contribution in [3.05, 3.63) is 24.8 Å². The van der Waals surface area contributed by atoms with Gasteiger partial charge in [0.05, 0.1) is 5.97 Å². The SMILES string of the molecule is C=CC=CC(=O)[O-].CC(=O)[O-]. The lowest BCUT2D eigenvalue weighted by Crippen LogP contribution is -2.18. The molecule has 0 aromatic heterocycles. The fourth-order valence-electron chi connectivity index (χ4n) is 0.147. The fourth-order valence-corrected chi connectivity index (χ4v) is 0.147. The number of rotatable bonds is 2. The van der Waals surface area contributed by atoms with Gasteiger partial charge in [-0.3, -0.25) is 0 Å². The van der Waals surface area contributed by atoms with E-state index in [2.05, 4.69) is 6.58 Å². The van der Waals surface area contributed by atoms with E-state index in [1.807, 2.05) is 0 Å². The van der Waals surface area contributed by atoms with Crippen LogP contribution in [0.2, 0.25) is 0 Å². The second kappa shape index (κ2) is 8.42. The molecular formula is C7H8O4-2. The highest BCUT2D eigenvalue weighted by atomic mass is 16.4. The molecule has 11 heavy (non-hydrogen) atoms. The highest BCUT2D eigenvalue weighted by Crippen LogP contribution is 1.67. The summed E-state index contributed by atoms with van der Waals surface area (Å²) in [6, 6.07) is 0. The van der Waals surface area contributed by atoms with Gasteiger partial charge in [0.2, 0.25) is 0 Å². The van der Waals surface area contributed by atoms with E-state index in [1.54, 1.807) is 0 Å². The number of carboxylic acids is 2. The molecule has 0 aliphatic rings. The van der Waals surface area contributed by atoms with Crippen LogP contribution in [0.1, 0.15) is 6.92 Å². The molecular weight excluding hydrogens is 148 g/mol. The molecule has 0 fully saturated rings. The monoisotopic (exact) mass is 156 g/mol. The summed E-state index contributed by atoms with van der Waals surface area (Å²) >= 11 is 0. The van der Waals surface area contributed by atoms with E-state index in [4.69, 9.17) is 9.90 Å². The lowest BCUT2D eigenvalue weighted by Gasteiger charge is -1.84. The summed E-state index contributed by atoms with van der Waals surface area (Å²) in [6.45, 7) is 4.23. The van der Waals surface area contributed by atoms with E-state index in [9.17, 15) is 9.90 Å². The summed E-state index contributed by atoms with van der Waals surface area (Å²) in [5.41, 5.74) is 0. The average Bonchev–Trinajstić information content (AvgIpc) is 1.82. The molecule has 0 saturated carbocycles. The van der Waals surface area contributed by atoms with Gasteiger partial charge in [-0.2, -0.15) is 0 Å². The first kappa shape index (κ1) is 12.1. The molecule has 0 amide bonds. The summed E-state index contributed by atoms with van der Waals surface area (Å²) in [7, 11) is 0. The largest absolute Gasteiger partial charge is 0.550 e. The molecule has 0 N–H and O–H groups in total. The molecule has 0 radical (unpaired) electrons. The predicted molar refractivity (Wildman–Crippen MR) is 35.0 cm³/mol. The van der Waals surface area contributed by atoms with E-state index >= 15 is 0 Å². The van der Waals surface area contributed by atoms with E-state index in [1.165, 1.54) is 12.2 Å². The molecule has 0 aliphatic carbocycles. The zero-order valence-corrected chi connectivity index (χ0v) is 6.07. The number of carbonyl (C=O) groups is 2. The van der Waals surface area contributed by atoms with E-state index in [0.717, 1.165) is 13.0 Å². The Balaban J connectivity index is 0. The van der Waals surface area contributed by atoms with Crippen molar-refractivity contribution in [3.63, 3.8) is 0 Å². The number of hydrogen-bond donors (Lipinski definition) is 0. The molecule has 0 saturated heterocycles. The van der Waals surface area contributed by atoms with Crippen LogP contribution in [0, 0.1) is 0 Å². The average molecular weight is 156 g/mol. The lowest BCUT2D eigenvalue weighted by atomic mass is 10.5. The molecule has 0 aliphatic heterocycles. The van der Waals surface area contributed by atoms with E-state index < -0.39 is 11.9 Å².